The van der Waals surface area contributed by atoms with Gasteiger partial charge in [-0.25, -0.2) is 9.78 Å². The largest absolute Gasteiger partial charge is 0.480 e. The molecule has 0 aliphatic carbocycles. The second kappa shape index (κ2) is 15.6. The number of aromatic amines is 2. The van der Waals surface area contributed by atoms with Gasteiger partial charge in [0, 0.05) is 41.8 Å². The molecule has 4 unspecified atom stereocenters. The molecule has 2 heterocycles. The number of benzene rings is 1. The van der Waals surface area contributed by atoms with Gasteiger partial charge < -0.3 is 42.5 Å². The molecule has 1 aromatic carbocycles. The number of carbonyl (C=O) groups excluding carboxylic acids is 4. The number of nitrogens with one attached hydrogen (secondary N) is 5. The number of carbonyl (C=O) groups is 5. The van der Waals surface area contributed by atoms with Gasteiger partial charge in [0.1, 0.15) is 18.1 Å². The maximum atomic E-state index is 13.4. The van der Waals surface area contributed by atoms with E-state index >= 15 is 0 Å². The molecule has 0 saturated carbocycles. The number of carboxylic acid groups (broad SMARTS) is 1. The van der Waals surface area contributed by atoms with Crippen LogP contribution >= 0.6 is 11.8 Å². The number of nitrogens with two attached hydrogens (primary N) is 2. The predicted molar refractivity (Wildman–Crippen MR) is 157 cm³/mol. The third-order valence-electron chi connectivity index (χ3n) is 6.60. The Morgan fingerprint density at radius 3 is 2.31 bits per heavy atom. The number of fused-ring (bicyclic) bond motifs is 1. The lowest BCUT2D eigenvalue weighted by Gasteiger charge is -2.25. The molecule has 0 saturated heterocycles. The fraction of sp³-hybridized carbons (Fsp3) is 0.407. The highest BCUT2D eigenvalue weighted by Crippen LogP contribution is 2.19. The van der Waals surface area contributed by atoms with E-state index in [2.05, 4.69) is 30.9 Å². The van der Waals surface area contributed by atoms with E-state index in [9.17, 15) is 29.1 Å². The zero-order valence-electron chi connectivity index (χ0n) is 23.1. The standard InChI is InChI=1S/C27H36N8O6S/c1-42-9-8-21(27(40)41)34-26(39)22(11-16-13-30-14-32-16)35-25(38)20(6-7-23(29)36)33-24(37)18(28)10-15-12-31-19-5-3-2-4-17(15)19/h2-5,12-14,18,20-22,31H,6-11,28H2,1H3,(H2,29,36)(H,30,32)(H,33,37)(H,34,39)(H,35,38)(H,40,41). The first-order valence-corrected chi connectivity index (χ1v) is 14.7. The Morgan fingerprint density at radius 1 is 0.952 bits per heavy atom. The maximum Gasteiger partial charge on any atom is 0.326 e. The summed E-state index contributed by atoms with van der Waals surface area (Å²) in [5.74, 6) is -3.53. The van der Waals surface area contributed by atoms with Crippen LogP contribution < -0.4 is 27.4 Å². The molecule has 0 fully saturated rings. The van der Waals surface area contributed by atoms with Gasteiger partial charge in [0.15, 0.2) is 0 Å². The molecule has 0 radical (unpaired) electrons. The average molecular weight is 601 g/mol. The van der Waals surface area contributed by atoms with E-state index in [1.54, 1.807) is 6.20 Å². The number of hydrogen-bond acceptors (Lipinski definition) is 8. The van der Waals surface area contributed by atoms with E-state index in [1.165, 1.54) is 24.3 Å². The van der Waals surface area contributed by atoms with E-state index in [-0.39, 0.29) is 32.1 Å². The van der Waals surface area contributed by atoms with Crippen molar-refractivity contribution in [3.05, 3.63) is 54.2 Å². The summed E-state index contributed by atoms with van der Waals surface area (Å²) < 4.78 is 0. The van der Waals surface area contributed by atoms with Crippen LogP contribution in [0.3, 0.4) is 0 Å². The van der Waals surface area contributed by atoms with Gasteiger partial charge >= 0.3 is 5.97 Å². The van der Waals surface area contributed by atoms with Gasteiger partial charge in [0.05, 0.1) is 12.4 Å². The summed E-state index contributed by atoms with van der Waals surface area (Å²) in [6, 6.07) is 2.88. The van der Waals surface area contributed by atoms with Crippen molar-refractivity contribution < 1.29 is 29.1 Å². The number of para-hydroxylation sites is 1. The molecule has 0 aliphatic rings. The van der Waals surface area contributed by atoms with Gasteiger partial charge in [0.25, 0.3) is 0 Å². The molecule has 4 amide bonds. The summed E-state index contributed by atoms with van der Waals surface area (Å²) in [7, 11) is 0. The molecule has 0 bridgehead atoms. The molecule has 2 aromatic heterocycles. The van der Waals surface area contributed by atoms with Crippen LogP contribution in [0.2, 0.25) is 0 Å². The van der Waals surface area contributed by atoms with Crippen LogP contribution in [0.25, 0.3) is 10.9 Å². The van der Waals surface area contributed by atoms with Crippen molar-refractivity contribution in [3.8, 4) is 0 Å². The number of aliphatic carboxylic acids is 1. The summed E-state index contributed by atoms with van der Waals surface area (Å²) >= 11 is 1.43. The maximum absolute atomic E-state index is 13.4. The molecular formula is C27H36N8O6S. The normalized spacial score (nSPS) is 14.0. The van der Waals surface area contributed by atoms with Crippen molar-refractivity contribution in [1.29, 1.82) is 0 Å². The molecular weight excluding hydrogens is 564 g/mol. The minimum absolute atomic E-state index is 0.0387. The number of H-pyrrole nitrogens is 2. The zero-order chi connectivity index (χ0) is 30.6. The van der Waals surface area contributed by atoms with Gasteiger partial charge in [-0.05, 0) is 42.9 Å². The fourth-order valence-electron chi connectivity index (χ4n) is 4.33. The smallest absolute Gasteiger partial charge is 0.326 e. The molecule has 3 rings (SSSR count). The second-order valence-electron chi connectivity index (χ2n) is 9.76. The first-order chi connectivity index (χ1) is 20.1. The topological polar surface area (TPSA) is 238 Å². The zero-order valence-corrected chi connectivity index (χ0v) is 23.9. The van der Waals surface area contributed by atoms with Gasteiger partial charge in [-0.3, -0.25) is 19.2 Å². The molecule has 4 atom stereocenters. The minimum Gasteiger partial charge on any atom is -0.480 e. The summed E-state index contributed by atoms with van der Waals surface area (Å²) in [5, 5.41) is 18.1. The molecule has 3 aromatic rings. The van der Waals surface area contributed by atoms with Crippen molar-refractivity contribution in [2.24, 2.45) is 11.5 Å². The fourth-order valence-corrected chi connectivity index (χ4v) is 4.80. The molecule has 0 spiro atoms. The van der Waals surface area contributed by atoms with Crippen LogP contribution in [-0.2, 0) is 36.8 Å². The number of nitrogens with zero attached hydrogens (tertiary/aromatic N) is 1. The van der Waals surface area contributed by atoms with Crippen molar-refractivity contribution in [3.63, 3.8) is 0 Å². The highest BCUT2D eigenvalue weighted by Gasteiger charge is 2.31. The van der Waals surface area contributed by atoms with Crippen molar-refractivity contribution in [2.75, 3.05) is 12.0 Å². The Balaban J connectivity index is 1.74. The van der Waals surface area contributed by atoms with E-state index in [0.29, 0.717) is 11.4 Å². The molecule has 10 N–H and O–H groups in total. The van der Waals surface area contributed by atoms with Gasteiger partial charge in [-0.2, -0.15) is 11.8 Å². The van der Waals surface area contributed by atoms with Gasteiger partial charge in [-0.1, -0.05) is 18.2 Å². The number of carboxylic acids is 1. The average Bonchev–Trinajstić information content (AvgIpc) is 3.62. The quantitative estimate of drug-likeness (QED) is 0.100. The Bertz CT molecular complexity index is 1380. The first-order valence-electron chi connectivity index (χ1n) is 13.3. The van der Waals surface area contributed by atoms with Crippen LogP contribution in [0.4, 0.5) is 0 Å². The summed E-state index contributed by atoms with van der Waals surface area (Å²) in [5.41, 5.74) is 13.7. The first kappa shape index (κ1) is 32.1. The van der Waals surface area contributed by atoms with Crippen LogP contribution in [0.1, 0.15) is 30.5 Å². The summed E-state index contributed by atoms with van der Waals surface area (Å²) in [6.07, 6.45) is 6.39. The Hall–Kier alpha value is -4.37. The molecule has 226 valence electrons. The predicted octanol–water partition coefficient (Wildman–Crippen LogP) is -0.439. The Kier molecular flexibility index (Phi) is 11.9. The molecule has 14 nitrogen and oxygen atoms in total. The monoisotopic (exact) mass is 600 g/mol. The number of thioether (sulfide) groups is 1. The van der Waals surface area contributed by atoms with Crippen molar-refractivity contribution in [2.45, 2.75) is 56.3 Å². The Labute approximate surface area is 246 Å². The van der Waals surface area contributed by atoms with Crippen LogP contribution in [0.15, 0.2) is 43.0 Å². The number of rotatable bonds is 17. The second-order valence-corrected chi connectivity index (χ2v) is 10.7. The minimum atomic E-state index is -1.25. The van der Waals surface area contributed by atoms with Crippen LogP contribution in [-0.4, -0.2) is 85.8 Å². The van der Waals surface area contributed by atoms with Crippen molar-refractivity contribution in [1.82, 2.24) is 30.9 Å². The van der Waals surface area contributed by atoms with E-state index in [0.717, 1.165) is 16.5 Å². The van der Waals surface area contributed by atoms with Gasteiger partial charge in [0.2, 0.25) is 23.6 Å². The number of aromatic nitrogens is 3. The lowest BCUT2D eigenvalue weighted by molar-refractivity contribution is -0.142. The number of primary amides is 1. The highest BCUT2D eigenvalue weighted by atomic mass is 32.2. The molecule has 0 aliphatic heterocycles. The van der Waals surface area contributed by atoms with Gasteiger partial charge in [-0.15, -0.1) is 0 Å². The third-order valence-corrected chi connectivity index (χ3v) is 7.24. The number of hydrogen-bond donors (Lipinski definition) is 8. The molecule has 42 heavy (non-hydrogen) atoms. The SMILES string of the molecule is CSCCC(NC(=O)C(Cc1cnc[nH]1)NC(=O)C(CCC(N)=O)NC(=O)C(N)Cc1c[nH]c2ccccc12)C(=O)O. The third kappa shape index (κ3) is 9.34. The Morgan fingerprint density at radius 2 is 1.64 bits per heavy atom. The lowest BCUT2D eigenvalue weighted by atomic mass is 10.0. The number of amides is 4. The highest BCUT2D eigenvalue weighted by molar-refractivity contribution is 7.98. The summed E-state index contributed by atoms with van der Waals surface area (Å²) in [6.45, 7) is 0. The van der Waals surface area contributed by atoms with Crippen LogP contribution in [0, 0.1) is 0 Å². The van der Waals surface area contributed by atoms with E-state index < -0.39 is 53.8 Å². The number of imidazole rings is 1. The van der Waals surface area contributed by atoms with E-state index in [1.807, 2.05) is 30.5 Å². The van der Waals surface area contributed by atoms with Crippen molar-refractivity contribution >= 4 is 52.3 Å². The lowest BCUT2D eigenvalue weighted by Crippen LogP contribution is -2.58. The molecule has 15 heteroatoms. The van der Waals surface area contributed by atoms with E-state index in [4.69, 9.17) is 11.5 Å². The summed E-state index contributed by atoms with van der Waals surface area (Å²) in [4.78, 5) is 72.7. The van der Waals surface area contributed by atoms with Crippen LogP contribution in [0.5, 0.6) is 0 Å².